The van der Waals surface area contributed by atoms with E-state index in [-0.39, 0.29) is 0 Å². The van der Waals surface area contributed by atoms with Gasteiger partial charge in [-0.05, 0) is 132 Å². The predicted octanol–water partition coefficient (Wildman–Crippen LogP) is 5.09. The number of hydrogen-bond acceptors (Lipinski definition) is 3. The van der Waals surface area contributed by atoms with E-state index >= 15 is 0 Å². The zero-order valence-electron chi connectivity index (χ0n) is 18.7. The smallest absolute Gasteiger partial charge is 0.119 e. The molecule has 29 heavy (non-hydrogen) atoms. The first-order valence-electron chi connectivity index (χ1n) is 12.3. The second-order valence-corrected chi connectivity index (χ2v) is 10.5. The van der Waals surface area contributed by atoms with Crippen LogP contribution in [0.5, 0.6) is 5.75 Å². The van der Waals surface area contributed by atoms with Gasteiger partial charge in [-0.25, -0.2) is 0 Å². The Balaban J connectivity index is 1.23. The molecule has 1 saturated carbocycles. The molecule has 1 aromatic carbocycles. The minimum Gasteiger partial charge on any atom is -0.494 e. The lowest BCUT2D eigenvalue weighted by Crippen LogP contribution is -2.59. The van der Waals surface area contributed by atoms with Crippen molar-refractivity contribution < 1.29 is 4.74 Å². The fraction of sp³-hybridized carbons (Fsp3) is 0.769. The van der Waals surface area contributed by atoms with Crippen LogP contribution in [-0.4, -0.2) is 55.2 Å². The number of piperidine rings is 1. The molecule has 2 saturated heterocycles. The van der Waals surface area contributed by atoms with E-state index in [1.165, 1.54) is 77.5 Å². The number of likely N-dealkylation sites (tertiary alicyclic amines) is 2. The van der Waals surface area contributed by atoms with Crippen molar-refractivity contribution in [3.05, 3.63) is 29.3 Å². The predicted molar refractivity (Wildman–Crippen MR) is 120 cm³/mol. The maximum Gasteiger partial charge on any atom is 0.119 e. The molecular weight excluding hydrogens is 356 g/mol. The van der Waals surface area contributed by atoms with Gasteiger partial charge < -0.3 is 14.5 Å². The number of fused-ring (bicyclic) bond motifs is 5. The summed E-state index contributed by atoms with van der Waals surface area (Å²) in [5.41, 5.74) is 3.67. The van der Waals surface area contributed by atoms with E-state index < -0.39 is 0 Å². The van der Waals surface area contributed by atoms with Crippen molar-refractivity contribution in [2.24, 2.45) is 11.8 Å². The summed E-state index contributed by atoms with van der Waals surface area (Å²) >= 11 is 0. The average Bonchev–Trinajstić information content (AvgIpc) is 3.25. The van der Waals surface area contributed by atoms with Crippen LogP contribution in [0.25, 0.3) is 0 Å². The first-order valence-corrected chi connectivity index (χ1v) is 12.3. The van der Waals surface area contributed by atoms with Crippen LogP contribution in [0.1, 0.15) is 75.3 Å². The molecule has 0 spiro atoms. The third kappa shape index (κ3) is 3.74. The van der Waals surface area contributed by atoms with Gasteiger partial charge in [-0.2, -0.15) is 0 Å². The van der Waals surface area contributed by atoms with E-state index in [0.717, 1.165) is 36.5 Å². The van der Waals surface area contributed by atoms with Crippen molar-refractivity contribution in [3.63, 3.8) is 0 Å². The number of nitrogens with zero attached hydrogens (tertiary/aromatic N) is 2. The zero-order valence-corrected chi connectivity index (χ0v) is 18.7. The Kier molecular flexibility index (Phi) is 5.64. The molecule has 2 heterocycles. The molecule has 0 aromatic heterocycles. The van der Waals surface area contributed by atoms with E-state index in [0.29, 0.717) is 5.54 Å². The first-order chi connectivity index (χ1) is 14.1. The highest BCUT2D eigenvalue weighted by atomic mass is 16.5. The Labute approximate surface area is 177 Å². The van der Waals surface area contributed by atoms with Gasteiger partial charge in [0.05, 0.1) is 6.61 Å². The van der Waals surface area contributed by atoms with E-state index in [2.05, 4.69) is 42.0 Å². The second-order valence-electron chi connectivity index (χ2n) is 10.5. The van der Waals surface area contributed by atoms with Gasteiger partial charge in [0, 0.05) is 12.1 Å². The number of hydrogen-bond donors (Lipinski definition) is 0. The Bertz CT molecular complexity index is 713. The SMILES string of the molecule is CN1CCC[C@H]2[C@@H]3CCc4cc(OCCCN5CCCC5)ccc4[C@H]3CC[C@@]21C. The average molecular weight is 397 g/mol. The Morgan fingerprint density at radius 3 is 2.79 bits per heavy atom. The number of rotatable bonds is 5. The second kappa shape index (κ2) is 8.23. The molecule has 2 aliphatic carbocycles. The molecule has 3 nitrogen and oxygen atoms in total. The van der Waals surface area contributed by atoms with E-state index in [1.54, 1.807) is 11.1 Å². The van der Waals surface area contributed by atoms with Gasteiger partial charge in [-0.15, -0.1) is 0 Å². The Hall–Kier alpha value is -1.06. The Morgan fingerprint density at radius 1 is 1.07 bits per heavy atom. The number of ether oxygens (including phenoxy) is 1. The van der Waals surface area contributed by atoms with Crippen molar-refractivity contribution >= 4 is 0 Å². The van der Waals surface area contributed by atoms with E-state index in [9.17, 15) is 0 Å². The highest BCUT2D eigenvalue weighted by molar-refractivity contribution is 5.40. The maximum atomic E-state index is 6.15. The molecule has 3 fully saturated rings. The molecular formula is C26H40N2O. The van der Waals surface area contributed by atoms with Gasteiger partial charge in [0.25, 0.3) is 0 Å². The molecule has 4 atom stereocenters. The minimum atomic E-state index is 0.440. The number of benzene rings is 1. The molecule has 0 unspecified atom stereocenters. The highest BCUT2D eigenvalue weighted by Crippen LogP contribution is 2.55. The molecule has 5 rings (SSSR count). The third-order valence-electron chi connectivity index (χ3n) is 9.02. The fourth-order valence-corrected chi connectivity index (χ4v) is 7.24. The summed E-state index contributed by atoms with van der Waals surface area (Å²) in [6.07, 6.45) is 12.1. The lowest BCUT2D eigenvalue weighted by atomic mass is 9.55. The highest BCUT2D eigenvalue weighted by Gasteiger charge is 2.51. The van der Waals surface area contributed by atoms with Gasteiger partial charge in [0.2, 0.25) is 0 Å². The molecule has 0 amide bonds. The fourth-order valence-electron chi connectivity index (χ4n) is 7.24. The molecule has 160 valence electrons. The molecule has 4 aliphatic rings. The summed E-state index contributed by atoms with van der Waals surface area (Å²) in [6, 6.07) is 7.07. The van der Waals surface area contributed by atoms with Gasteiger partial charge in [0.15, 0.2) is 0 Å². The molecule has 0 bridgehead atoms. The van der Waals surface area contributed by atoms with Crippen LogP contribution in [0.4, 0.5) is 0 Å². The van der Waals surface area contributed by atoms with Crippen LogP contribution < -0.4 is 4.74 Å². The maximum absolute atomic E-state index is 6.15. The van der Waals surface area contributed by atoms with Gasteiger partial charge in [-0.1, -0.05) is 6.07 Å². The normalized spacial score (nSPS) is 35.0. The third-order valence-corrected chi connectivity index (χ3v) is 9.02. The monoisotopic (exact) mass is 396 g/mol. The van der Waals surface area contributed by atoms with Crippen LogP contribution in [0.3, 0.4) is 0 Å². The van der Waals surface area contributed by atoms with Crippen LogP contribution in [0.2, 0.25) is 0 Å². The van der Waals surface area contributed by atoms with Crippen LogP contribution in [0.15, 0.2) is 18.2 Å². The zero-order chi connectivity index (χ0) is 19.8. The van der Waals surface area contributed by atoms with Gasteiger partial charge in [-0.3, -0.25) is 0 Å². The minimum absolute atomic E-state index is 0.440. The van der Waals surface area contributed by atoms with Crippen LogP contribution in [-0.2, 0) is 6.42 Å². The molecule has 2 aliphatic heterocycles. The standard InChI is InChI=1S/C26H40N2O/c1-26-13-12-23-22-11-9-21(29-18-6-17-28-15-3-4-16-28)19-20(22)8-10-24(23)25(26)7-5-14-27(26)2/h9,11,19,23-25H,3-8,10,12-18H2,1-2H3/t23-,24-,25+,26+/m1/s1. The Morgan fingerprint density at radius 2 is 1.93 bits per heavy atom. The van der Waals surface area contributed by atoms with Gasteiger partial charge >= 0.3 is 0 Å². The molecule has 1 aromatic rings. The molecule has 0 radical (unpaired) electrons. The summed E-state index contributed by atoms with van der Waals surface area (Å²) in [6.45, 7) is 8.48. The van der Waals surface area contributed by atoms with E-state index in [4.69, 9.17) is 4.74 Å². The van der Waals surface area contributed by atoms with Crippen molar-refractivity contribution in [1.29, 1.82) is 0 Å². The summed E-state index contributed by atoms with van der Waals surface area (Å²) in [5, 5.41) is 0. The number of aryl methyl sites for hydroxylation is 1. The lowest BCUT2D eigenvalue weighted by Gasteiger charge is -2.58. The van der Waals surface area contributed by atoms with Gasteiger partial charge in [0.1, 0.15) is 5.75 Å². The largest absolute Gasteiger partial charge is 0.494 e. The van der Waals surface area contributed by atoms with E-state index in [1.807, 2.05) is 0 Å². The summed E-state index contributed by atoms with van der Waals surface area (Å²) in [5.74, 6) is 3.65. The van der Waals surface area contributed by atoms with Crippen LogP contribution >= 0.6 is 0 Å². The summed E-state index contributed by atoms with van der Waals surface area (Å²) in [4.78, 5) is 5.27. The van der Waals surface area contributed by atoms with Crippen molar-refractivity contribution in [2.75, 3.05) is 39.8 Å². The van der Waals surface area contributed by atoms with Crippen molar-refractivity contribution in [1.82, 2.24) is 9.80 Å². The first kappa shape index (κ1) is 19.9. The summed E-state index contributed by atoms with van der Waals surface area (Å²) in [7, 11) is 2.37. The summed E-state index contributed by atoms with van der Waals surface area (Å²) < 4.78 is 6.15. The quantitative estimate of drug-likeness (QED) is 0.645. The van der Waals surface area contributed by atoms with Crippen LogP contribution in [0, 0.1) is 11.8 Å². The van der Waals surface area contributed by atoms with Crippen molar-refractivity contribution in [3.8, 4) is 5.75 Å². The lowest BCUT2D eigenvalue weighted by molar-refractivity contribution is -0.0471. The van der Waals surface area contributed by atoms with Crippen molar-refractivity contribution in [2.45, 2.75) is 76.2 Å². The topological polar surface area (TPSA) is 15.7 Å². The molecule has 0 N–H and O–H groups in total. The molecule has 3 heteroatoms.